The van der Waals surface area contributed by atoms with E-state index in [1.54, 1.807) is 0 Å². The van der Waals surface area contributed by atoms with Gasteiger partial charge in [-0.15, -0.1) is 12.4 Å². The van der Waals surface area contributed by atoms with Crippen LogP contribution in [0, 0.1) is 11.6 Å². The van der Waals surface area contributed by atoms with E-state index in [4.69, 9.17) is 5.73 Å². The van der Waals surface area contributed by atoms with Gasteiger partial charge in [-0.05, 0) is 18.6 Å². The summed E-state index contributed by atoms with van der Waals surface area (Å²) >= 11 is 0. The van der Waals surface area contributed by atoms with E-state index < -0.39 is 24.4 Å². The highest BCUT2D eigenvalue weighted by atomic mass is 35.5. The monoisotopic (exact) mass is 225 g/mol. The summed E-state index contributed by atoms with van der Waals surface area (Å²) in [6.07, 6.45) is -0.0716. The van der Waals surface area contributed by atoms with Crippen LogP contribution in [-0.4, -0.2) is 6.67 Å². The zero-order chi connectivity index (χ0) is 9.84. The Bertz CT molecular complexity index is 273. The van der Waals surface area contributed by atoms with Gasteiger partial charge < -0.3 is 5.73 Å². The van der Waals surface area contributed by atoms with Gasteiger partial charge in [0, 0.05) is 11.6 Å². The molecule has 14 heavy (non-hydrogen) atoms. The van der Waals surface area contributed by atoms with Crippen LogP contribution in [0.25, 0.3) is 0 Å². The summed E-state index contributed by atoms with van der Waals surface area (Å²) in [6, 6.07) is 2.55. The zero-order valence-electron chi connectivity index (χ0n) is 7.34. The van der Waals surface area contributed by atoms with Gasteiger partial charge in [-0.1, -0.05) is 6.07 Å². The standard InChI is InChI=1S/C9H10F3N.ClH/c10-5-4-8(13)9-6(11)2-1-3-7(9)12;/h1-3,8H,4-5,13H2;1H/t8-;/m1./s1. The molecule has 0 aliphatic heterocycles. The molecule has 1 aromatic rings. The quantitative estimate of drug-likeness (QED) is 0.841. The highest BCUT2D eigenvalue weighted by Crippen LogP contribution is 2.20. The largest absolute Gasteiger partial charge is 0.324 e. The molecule has 0 saturated carbocycles. The predicted octanol–water partition coefficient (Wildman–Crippen LogP) is 2.75. The van der Waals surface area contributed by atoms with E-state index in [1.807, 2.05) is 0 Å². The zero-order valence-corrected chi connectivity index (χ0v) is 8.16. The first-order valence-corrected chi connectivity index (χ1v) is 3.92. The lowest BCUT2D eigenvalue weighted by atomic mass is 10.0. The van der Waals surface area contributed by atoms with Crippen LogP contribution in [0.15, 0.2) is 18.2 Å². The van der Waals surface area contributed by atoms with Crippen LogP contribution < -0.4 is 5.73 Å². The Morgan fingerprint density at radius 2 is 1.71 bits per heavy atom. The third kappa shape index (κ3) is 2.89. The molecule has 1 nitrogen and oxygen atoms in total. The molecule has 0 unspecified atom stereocenters. The molecular weight excluding hydrogens is 215 g/mol. The lowest BCUT2D eigenvalue weighted by Gasteiger charge is -2.11. The molecule has 1 atom stereocenters. The number of nitrogens with two attached hydrogens (primary N) is 1. The van der Waals surface area contributed by atoms with E-state index in [9.17, 15) is 13.2 Å². The molecule has 0 spiro atoms. The van der Waals surface area contributed by atoms with Gasteiger partial charge in [0.15, 0.2) is 0 Å². The van der Waals surface area contributed by atoms with Crippen molar-refractivity contribution >= 4 is 12.4 Å². The van der Waals surface area contributed by atoms with E-state index in [1.165, 1.54) is 6.07 Å². The van der Waals surface area contributed by atoms with E-state index >= 15 is 0 Å². The topological polar surface area (TPSA) is 26.0 Å². The van der Waals surface area contributed by atoms with E-state index in [0.717, 1.165) is 12.1 Å². The molecule has 80 valence electrons. The maximum Gasteiger partial charge on any atom is 0.130 e. The fourth-order valence-corrected chi connectivity index (χ4v) is 1.13. The number of halogens is 4. The molecule has 1 rings (SSSR count). The lowest BCUT2D eigenvalue weighted by molar-refractivity contribution is 0.425. The molecule has 5 heteroatoms. The summed E-state index contributed by atoms with van der Waals surface area (Å²) in [5.74, 6) is -1.44. The smallest absolute Gasteiger partial charge is 0.130 e. The van der Waals surface area contributed by atoms with Crippen LogP contribution in [0.5, 0.6) is 0 Å². The van der Waals surface area contributed by atoms with Crippen molar-refractivity contribution in [2.24, 2.45) is 5.73 Å². The van der Waals surface area contributed by atoms with Gasteiger partial charge in [-0.25, -0.2) is 8.78 Å². The Morgan fingerprint density at radius 1 is 1.21 bits per heavy atom. The van der Waals surface area contributed by atoms with E-state index in [-0.39, 0.29) is 24.4 Å². The van der Waals surface area contributed by atoms with Crippen LogP contribution >= 0.6 is 12.4 Å². The van der Waals surface area contributed by atoms with Gasteiger partial charge in [0.25, 0.3) is 0 Å². The summed E-state index contributed by atoms with van der Waals surface area (Å²) in [7, 11) is 0. The molecule has 0 aliphatic carbocycles. The summed E-state index contributed by atoms with van der Waals surface area (Å²) < 4.78 is 37.8. The SMILES string of the molecule is Cl.N[C@H](CCF)c1c(F)cccc1F. The van der Waals surface area contributed by atoms with E-state index in [0.29, 0.717) is 0 Å². The molecule has 0 aliphatic rings. The molecule has 2 N–H and O–H groups in total. The fourth-order valence-electron chi connectivity index (χ4n) is 1.13. The third-order valence-electron chi connectivity index (χ3n) is 1.79. The number of benzene rings is 1. The van der Waals surface area contributed by atoms with Crippen molar-refractivity contribution in [1.29, 1.82) is 0 Å². The van der Waals surface area contributed by atoms with Crippen molar-refractivity contribution in [3.8, 4) is 0 Å². The fraction of sp³-hybridized carbons (Fsp3) is 0.333. The first-order valence-electron chi connectivity index (χ1n) is 3.92. The summed E-state index contributed by atoms with van der Waals surface area (Å²) in [6.45, 7) is -0.686. The van der Waals surface area contributed by atoms with Crippen LogP contribution in [-0.2, 0) is 0 Å². The molecule has 0 saturated heterocycles. The Kier molecular flexibility index (Phi) is 5.57. The van der Waals surface area contributed by atoms with Gasteiger partial charge in [-0.3, -0.25) is 4.39 Å². The highest BCUT2D eigenvalue weighted by molar-refractivity contribution is 5.85. The number of rotatable bonds is 3. The molecule has 0 radical (unpaired) electrons. The van der Waals surface area contributed by atoms with Crippen molar-refractivity contribution in [3.05, 3.63) is 35.4 Å². The molecule has 0 amide bonds. The maximum atomic E-state index is 13.0. The molecule has 1 aromatic carbocycles. The van der Waals surface area contributed by atoms with Gasteiger partial charge in [0.1, 0.15) is 11.6 Å². The first kappa shape index (κ1) is 13.3. The van der Waals surface area contributed by atoms with Crippen LogP contribution in [0.1, 0.15) is 18.0 Å². The Balaban J connectivity index is 0.00000169. The molecular formula is C9H11ClF3N. The average Bonchev–Trinajstić information content (AvgIpc) is 2.04. The van der Waals surface area contributed by atoms with Crippen molar-refractivity contribution < 1.29 is 13.2 Å². The summed E-state index contributed by atoms with van der Waals surface area (Å²) in [4.78, 5) is 0. The minimum atomic E-state index is -0.911. The van der Waals surface area contributed by atoms with Crippen LogP contribution in [0.4, 0.5) is 13.2 Å². The predicted molar refractivity (Wildman–Crippen MR) is 51.1 cm³/mol. The summed E-state index contributed by atoms with van der Waals surface area (Å²) in [5.41, 5.74) is 5.15. The molecule has 0 heterocycles. The number of hydrogen-bond donors (Lipinski definition) is 1. The Morgan fingerprint density at radius 3 is 2.14 bits per heavy atom. The Labute approximate surface area is 86.5 Å². The molecule has 0 fully saturated rings. The second-order valence-corrected chi connectivity index (χ2v) is 2.72. The van der Waals surface area contributed by atoms with Gasteiger partial charge in [0.05, 0.1) is 6.67 Å². The van der Waals surface area contributed by atoms with Crippen LogP contribution in [0.2, 0.25) is 0 Å². The van der Waals surface area contributed by atoms with Crippen molar-refractivity contribution in [2.75, 3.05) is 6.67 Å². The molecule has 0 aromatic heterocycles. The summed E-state index contributed by atoms with van der Waals surface area (Å²) in [5, 5.41) is 0. The van der Waals surface area contributed by atoms with Gasteiger partial charge >= 0.3 is 0 Å². The normalized spacial score (nSPS) is 12.0. The third-order valence-corrected chi connectivity index (χ3v) is 1.79. The minimum absolute atomic E-state index is 0. The maximum absolute atomic E-state index is 13.0. The highest BCUT2D eigenvalue weighted by Gasteiger charge is 2.15. The minimum Gasteiger partial charge on any atom is -0.324 e. The second kappa shape index (κ2) is 5.88. The lowest BCUT2D eigenvalue weighted by Crippen LogP contribution is -2.14. The van der Waals surface area contributed by atoms with E-state index in [2.05, 4.69) is 0 Å². The van der Waals surface area contributed by atoms with Crippen molar-refractivity contribution in [3.63, 3.8) is 0 Å². The average molecular weight is 226 g/mol. The Hall–Kier alpha value is -0.740. The van der Waals surface area contributed by atoms with Gasteiger partial charge in [0.2, 0.25) is 0 Å². The second-order valence-electron chi connectivity index (χ2n) is 2.72. The van der Waals surface area contributed by atoms with Gasteiger partial charge in [-0.2, -0.15) is 0 Å². The van der Waals surface area contributed by atoms with Crippen molar-refractivity contribution in [2.45, 2.75) is 12.5 Å². The number of alkyl halides is 1. The molecule has 0 bridgehead atoms. The van der Waals surface area contributed by atoms with Crippen LogP contribution in [0.3, 0.4) is 0 Å². The van der Waals surface area contributed by atoms with Crippen molar-refractivity contribution in [1.82, 2.24) is 0 Å². The number of hydrogen-bond acceptors (Lipinski definition) is 1. The first-order chi connectivity index (χ1) is 6.16.